The minimum absolute atomic E-state index is 0.187. The number of amides is 1. The van der Waals surface area contributed by atoms with Crippen molar-refractivity contribution in [1.29, 1.82) is 0 Å². The van der Waals surface area contributed by atoms with E-state index in [4.69, 9.17) is 9.47 Å². The fourth-order valence-electron chi connectivity index (χ4n) is 2.77. The molecule has 0 aliphatic heterocycles. The molecule has 0 fully saturated rings. The predicted octanol–water partition coefficient (Wildman–Crippen LogP) is 2.87. The summed E-state index contributed by atoms with van der Waals surface area (Å²) in [7, 11) is 3.11. The zero-order valence-corrected chi connectivity index (χ0v) is 15.9. The summed E-state index contributed by atoms with van der Waals surface area (Å²) in [5.41, 5.74) is 2.63. The van der Waals surface area contributed by atoms with E-state index in [0.29, 0.717) is 22.9 Å². The average Bonchev–Trinajstić information content (AvgIpc) is 2.69. The number of methoxy groups -OCH3 is 2. The summed E-state index contributed by atoms with van der Waals surface area (Å²) >= 11 is 0. The van der Waals surface area contributed by atoms with Gasteiger partial charge in [0.2, 0.25) is 5.91 Å². The van der Waals surface area contributed by atoms with Crippen LogP contribution in [-0.2, 0) is 11.3 Å². The van der Waals surface area contributed by atoms with Gasteiger partial charge >= 0.3 is 0 Å². The van der Waals surface area contributed by atoms with Crippen LogP contribution in [-0.4, -0.2) is 29.9 Å². The zero-order chi connectivity index (χ0) is 20.1. The highest BCUT2D eigenvalue weighted by atomic mass is 16.5. The molecule has 0 aliphatic carbocycles. The van der Waals surface area contributed by atoms with Crippen molar-refractivity contribution >= 4 is 11.6 Å². The summed E-state index contributed by atoms with van der Waals surface area (Å²) in [4.78, 5) is 24.5. The monoisotopic (exact) mass is 379 g/mol. The van der Waals surface area contributed by atoms with Gasteiger partial charge < -0.3 is 14.8 Å². The number of carbonyl (C=O) groups excluding carboxylic acids is 1. The molecule has 28 heavy (non-hydrogen) atoms. The van der Waals surface area contributed by atoms with Gasteiger partial charge in [0.15, 0.2) is 11.5 Å². The van der Waals surface area contributed by atoms with E-state index in [1.807, 2.05) is 31.2 Å². The summed E-state index contributed by atoms with van der Waals surface area (Å²) in [5, 5.41) is 7.10. The molecule has 0 spiro atoms. The number of hydrogen-bond donors (Lipinski definition) is 1. The van der Waals surface area contributed by atoms with Crippen LogP contribution in [0.4, 0.5) is 5.69 Å². The van der Waals surface area contributed by atoms with Crippen LogP contribution in [0.5, 0.6) is 11.5 Å². The van der Waals surface area contributed by atoms with E-state index < -0.39 is 0 Å². The predicted molar refractivity (Wildman–Crippen MR) is 107 cm³/mol. The summed E-state index contributed by atoms with van der Waals surface area (Å²) in [6, 6.07) is 15.8. The fraction of sp³-hybridized carbons (Fsp3) is 0.190. The van der Waals surface area contributed by atoms with Crippen LogP contribution in [0, 0.1) is 6.92 Å². The lowest BCUT2D eigenvalue weighted by molar-refractivity contribution is -0.117. The lowest BCUT2D eigenvalue weighted by Gasteiger charge is -2.11. The third-order valence-electron chi connectivity index (χ3n) is 4.14. The van der Waals surface area contributed by atoms with Gasteiger partial charge in [-0.3, -0.25) is 9.59 Å². The van der Waals surface area contributed by atoms with Crippen molar-refractivity contribution in [3.05, 3.63) is 70.5 Å². The number of aryl methyl sites for hydroxylation is 1. The molecule has 7 nitrogen and oxygen atoms in total. The Bertz CT molecular complexity index is 1060. The molecule has 1 amide bonds. The molecular weight excluding hydrogens is 358 g/mol. The Labute approximate surface area is 162 Å². The molecule has 144 valence electrons. The molecule has 1 aromatic heterocycles. The number of nitrogens with zero attached hydrogens (tertiary/aromatic N) is 2. The van der Waals surface area contributed by atoms with Gasteiger partial charge in [-0.1, -0.05) is 12.1 Å². The second-order valence-corrected chi connectivity index (χ2v) is 6.20. The maximum Gasteiger partial charge on any atom is 0.267 e. The van der Waals surface area contributed by atoms with E-state index in [0.717, 1.165) is 15.8 Å². The molecule has 0 unspecified atom stereocenters. The summed E-state index contributed by atoms with van der Waals surface area (Å²) in [5.74, 6) is 0.818. The van der Waals surface area contributed by atoms with Crippen molar-refractivity contribution in [1.82, 2.24) is 9.78 Å². The molecule has 1 N–H and O–H groups in total. The van der Waals surface area contributed by atoms with Gasteiger partial charge in [0.1, 0.15) is 6.54 Å². The van der Waals surface area contributed by atoms with Crippen molar-refractivity contribution in [2.45, 2.75) is 13.5 Å². The Morgan fingerprint density at radius 2 is 1.82 bits per heavy atom. The lowest BCUT2D eigenvalue weighted by atomic mass is 10.1. The molecule has 2 aromatic carbocycles. The number of ether oxygens (including phenoxy) is 2. The van der Waals surface area contributed by atoms with E-state index >= 15 is 0 Å². The molecule has 7 heteroatoms. The van der Waals surface area contributed by atoms with Gasteiger partial charge in [0.25, 0.3) is 5.56 Å². The first-order chi connectivity index (χ1) is 13.5. The molecule has 1 heterocycles. The van der Waals surface area contributed by atoms with E-state index in [-0.39, 0.29) is 18.0 Å². The van der Waals surface area contributed by atoms with E-state index in [9.17, 15) is 9.59 Å². The zero-order valence-electron chi connectivity index (χ0n) is 15.9. The second-order valence-electron chi connectivity index (χ2n) is 6.20. The summed E-state index contributed by atoms with van der Waals surface area (Å²) < 4.78 is 11.7. The Morgan fingerprint density at radius 1 is 1.04 bits per heavy atom. The van der Waals surface area contributed by atoms with Crippen molar-refractivity contribution in [2.24, 2.45) is 0 Å². The number of carbonyl (C=O) groups is 1. The first kappa shape index (κ1) is 19.2. The largest absolute Gasteiger partial charge is 0.493 e. The molecule has 3 rings (SSSR count). The van der Waals surface area contributed by atoms with Crippen LogP contribution in [0.3, 0.4) is 0 Å². The molecule has 0 atom stereocenters. The van der Waals surface area contributed by atoms with E-state index in [1.165, 1.54) is 6.07 Å². The molecule has 0 saturated carbocycles. The van der Waals surface area contributed by atoms with E-state index in [2.05, 4.69) is 10.4 Å². The average molecular weight is 379 g/mol. The van der Waals surface area contributed by atoms with Gasteiger partial charge in [-0.25, -0.2) is 4.68 Å². The molecule has 0 aliphatic rings. The van der Waals surface area contributed by atoms with Gasteiger partial charge in [-0.2, -0.15) is 5.10 Å². The number of rotatable bonds is 6. The number of nitrogens with one attached hydrogen (secondary N) is 1. The highest BCUT2D eigenvalue weighted by Gasteiger charge is 2.11. The van der Waals surface area contributed by atoms with Crippen molar-refractivity contribution < 1.29 is 14.3 Å². The highest BCUT2D eigenvalue weighted by molar-refractivity contribution is 5.90. The quantitative estimate of drug-likeness (QED) is 0.712. The lowest BCUT2D eigenvalue weighted by Crippen LogP contribution is -2.29. The fourth-order valence-corrected chi connectivity index (χ4v) is 2.77. The first-order valence-corrected chi connectivity index (χ1v) is 8.67. The number of hydrogen-bond acceptors (Lipinski definition) is 5. The molecule has 0 saturated heterocycles. The third kappa shape index (κ3) is 4.37. The Hall–Kier alpha value is -3.61. The van der Waals surface area contributed by atoms with Crippen LogP contribution >= 0.6 is 0 Å². The standard InChI is InChI=1S/C21H21N3O4/c1-14-5-4-6-16(11-14)22-20(25)13-24-21(26)10-8-17(23-24)15-7-9-18(27-2)19(12-15)28-3/h4-12H,13H2,1-3H3,(H,22,25). The summed E-state index contributed by atoms with van der Waals surface area (Å²) in [6.07, 6.45) is 0. The van der Waals surface area contributed by atoms with Crippen LogP contribution in [0.2, 0.25) is 0 Å². The first-order valence-electron chi connectivity index (χ1n) is 8.67. The van der Waals surface area contributed by atoms with Crippen LogP contribution in [0.25, 0.3) is 11.3 Å². The Balaban J connectivity index is 1.83. The minimum Gasteiger partial charge on any atom is -0.493 e. The second kappa shape index (κ2) is 8.39. The SMILES string of the molecule is COc1ccc(-c2ccc(=O)n(CC(=O)Nc3cccc(C)c3)n2)cc1OC. The Morgan fingerprint density at radius 3 is 2.54 bits per heavy atom. The number of aromatic nitrogens is 2. The third-order valence-corrected chi connectivity index (χ3v) is 4.14. The summed E-state index contributed by atoms with van der Waals surface area (Å²) in [6.45, 7) is 1.75. The molecule has 3 aromatic rings. The molecule has 0 bridgehead atoms. The minimum atomic E-state index is -0.358. The van der Waals surface area contributed by atoms with Gasteiger partial charge in [0, 0.05) is 17.3 Å². The van der Waals surface area contributed by atoms with Crippen molar-refractivity contribution in [3.8, 4) is 22.8 Å². The molecule has 0 radical (unpaired) electrons. The smallest absolute Gasteiger partial charge is 0.267 e. The maximum absolute atomic E-state index is 12.3. The molecular formula is C21H21N3O4. The van der Waals surface area contributed by atoms with Crippen LogP contribution in [0.1, 0.15) is 5.56 Å². The van der Waals surface area contributed by atoms with Gasteiger partial charge in [0.05, 0.1) is 19.9 Å². The normalized spacial score (nSPS) is 10.4. The van der Waals surface area contributed by atoms with Crippen molar-refractivity contribution in [2.75, 3.05) is 19.5 Å². The topological polar surface area (TPSA) is 82.5 Å². The van der Waals surface area contributed by atoms with Crippen molar-refractivity contribution in [3.63, 3.8) is 0 Å². The Kier molecular flexibility index (Phi) is 5.74. The van der Waals surface area contributed by atoms with Gasteiger partial charge in [-0.05, 0) is 48.9 Å². The maximum atomic E-state index is 12.3. The number of anilines is 1. The van der Waals surface area contributed by atoms with Gasteiger partial charge in [-0.15, -0.1) is 0 Å². The van der Waals surface area contributed by atoms with E-state index in [1.54, 1.807) is 38.5 Å². The number of benzene rings is 2. The van der Waals surface area contributed by atoms with Crippen LogP contribution in [0.15, 0.2) is 59.4 Å². The van der Waals surface area contributed by atoms with Crippen LogP contribution < -0.4 is 20.3 Å². The highest BCUT2D eigenvalue weighted by Crippen LogP contribution is 2.31.